The van der Waals surface area contributed by atoms with Crippen molar-refractivity contribution >= 4 is 22.6 Å². The zero-order chi connectivity index (χ0) is 17.2. The molecule has 0 atom stereocenters. The molecule has 2 aromatic rings. The van der Waals surface area contributed by atoms with E-state index in [2.05, 4.69) is 0 Å². The van der Waals surface area contributed by atoms with Crippen LogP contribution in [0.2, 0.25) is 0 Å². The summed E-state index contributed by atoms with van der Waals surface area (Å²) in [4.78, 5) is 19.7. The van der Waals surface area contributed by atoms with Gasteiger partial charge in [0.2, 0.25) is 0 Å². The Hall–Kier alpha value is -2.66. The Morgan fingerprint density at radius 1 is 1.20 bits per heavy atom. The first-order valence-electron chi connectivity index (χ1n) is 8.53. The summed E-state index contributed by atoms with van der Waals surface area (Å²) >= 11 is 0. The maximum absolute atomic E-state index is 13.1. The summed E-state index contributed by atoms with van der Waals surface area (Å²) in [5.74, 6) is 0.718. The van der Waals surface area contributed by atoms with Crippen LogP contribution >= 0.6 is 0 Å². The molecule has 1 aromatic heterocycles. The molecule has 0 N–H and O–H groups in total. The summed E-state index contributed by atoms with van der Waals surface area (Å²) < 4.78 is 11.0. The van der Waals surface area contributed by atoms with Crippen LogP contribution in [0.1, 0.15) is 28.0 Å². The zero-order valence-corrected chi connectivity index (χ0v) is 14.2. The second-order valence-electron chi connectivity index (χ2n) is 6.27. The summed E-state index contributed by atoms with van der Waals surface area (Å²) in [6.07, 6.45) is 6.38. The Morgan fingerprint density at radius 3 is 2.80 bits per heavy atom. The van der Waals surface area contributed by atoms with E-state index in [1.165, 1.54) is 0 Å². The minimum atomic E-state index is 0.0227. The number of carbonyl (C=O) groups excluding carboxylic acids is 1. The molecule has 3 heterocycles. The second-order valence-corrected chi connectivity index (χ2v) is 6.27. The predicted octanol–water partition coefficient (Wildman–Crippen LogP) is 3.29. The SMILES string of the molecule is Cc1ccc2nc(C3=CCC=CO3)cc(C(=O)N3CCOCC3)c2c1. The molecule has 0 radical (unpaired) electrons. The lowest BCUT2D eigenvalue weighted by Gasteiger charge is -2.27. The number of allylic oxidation sites excluding steroid dienone is 2. The van der Waals surface area contributed by atoms with Crippen LogP contribution in [0.4, 0.5) is 0 Å². The molecule has 0 spiro atoms. The average molecular weight is 336 g/mol. The molecule has 5 heteroatoms. The molecule has 0 bridgehead atoms. The Bertz CT molecular complexity index is 880. The highest BCUT2D eigenvalue weighted by atomic mass is 16.5. The zero-order valence-electron chi connectivity index (χ0n) is 14.2. The van der Waals surface area contributed by atoms with Crippen molar-refractivity contribution in [3.05, 3.63) is 59.5 Å². The second kappa shape index (κ2) is 6.69. The van der Waals surface area contributed by atoms with Gasteiger partial charge in [0, 0.05) is 18.5 Å². The molecule has 1 aromatic carbocycles. The summed E-state index contributed by atoms with van der Waals surface area (Å²) in [6.45, 7) is 4.42. The van der Waals surface area contributed by atoms with Crippen LogP contribution in [0.25, 0.3) is 16.7 Å². The molecule has 1 fully saturated rings. The quantitative estimate of drug-likeness (QED) is 0.844. The fourth-order valence-corrected chi connectivity index (χ4v) is 3.14. The Labute approximate surface area is 146 Å². The fraction of sp³-hybridized carbons (Fsp3) is 0.300. The van der Waals surface area contributed by atoms with E-state index in [9.17, 15) is 4.79 Å². The molecule has 0 saturated carbocycles. The van der Waals surface area contributed by atoms with Crippen molar-refractivity contribution in [3.63, 3.8) is 0 Å². The maximum atomic E-state index is 13.1. The van der Waals surface area contributed by atoms with Crippen LogP contribution in [-0.2, 0) is 9.47 Å². The molecule has 2 aliphatic heterocycles. The number of pyridine rings is 1. The molecule has 1 saturated heterocycles. The van der Waals surface area contributed by atoms with Gasteiger partial charge in [-0.25, -0.2) is 4.98 Å². The van der Waals surface area contributed by atoms with E-state index in [0.717, 1.165) is 22.9 Å². The average Bonchev–Trinajstić information content (AvgIpc) is 2.68. The Balaban J connectivity index is 1.83. The van der Waals surface area contributed by atoms with Gasteiger partial charge in [-0.05, 0) is 43.7 Å². The molecule has 25 heavy (non-hydrogen) atoms. The number of nitrogens with zero attached hydrogens (tertiary/aromatic N) is 2. The standard InChI is InChI=1S/C20H20N2O3/c1-14-5-6-17-15(12-14)16(20(23)22-7-10-24-11-8-22)13-18(21-17)19-4-2-3-9-25-19/h3-6,9,12-13H,2,7-8,10-11H2,1H3. The summed E-state index contributed by atoms with van der Waals surface area (Å²) in [7, 11) is 0. The van der Waals surface area contributed by atoms with Gasteiger partial charge in [0.15, 0.2) is 0 Å². The van der Waals surface area contributed by atoms with Gasteiger partial charge in [-0.1, -0.05) is 11.6 Å². The van der Waals surface area contributed by atoms with Crippen LogP contribution < -0.4 is 0 Å². The van der Waals surface area contributed by atoms with Crippen molar-refractivity contribution in [1.82, 2.24) is 9.88 Å². The van der Waals surface area contributed by atoms with Gasteiger partial charge >= 0.3 is 0 Å². The number of hydrogen-bond acceptors (Lipinski definition) is 4. The highest BCUT2D eigenvalue weighted by molar-refractivity contribution is 6.07. The third kappa shape index (κ3) is 3.15. The Kier molecular flexibility index (Phi) is 4.24. The molecule has 0 aliphatic carbocycles. The van der Waals surface area contributed by atoms with Gasteiger partial charge in [-0.2, -0.15) is 0 Å². The van der Waals surface area contributed by atoms with Crippen molar-refractivity contribution in [3.8, 4) is 0 Å². The highest BCUT2D eigenvalue weighted by Gasteiger charge is 2.22. The normalized spacial score (nSPS) is 17.3. The number of ether oxygens (including phenoxy) is 2. The minimum absolute atomic E-state index is 0.0227. The van der Waals surface area contributed by atoms with Crippen molar-refractivity contribution < 1.29 is 14.3 Å². The largest absolute Gasteiger partial charge is 0.463 e. The number of benzene rings is 1. The van der Waals surface area contributed by atoms with E-state index in [4.69, 9.17) is 14.5 Å². The first-order chi connectivity index (χ1) is 12.2. The van der Waals surface area contributed by atoms with Crippen LogP contribution in [0.5, 0.6) is 0 Å². The van der Waals surface area contributed by atoms with E-state index in [-0.39, 0.29) is 5.91 Å². The van der Waals surface area contributed by atoms with Crippen molar-refractivity contribution in [2.45, 2.75) is 13.3 Å². The van der Waals surface area contributed by atoms with E-state index in [1.54, 1.807) is 6.26 Å². The van der Waals surface area contributed by atoms with E-state index < -0.39 is 0 Å². The number of aryl methyl sites for hydroxylation is 1. The van der Waals surface area contributed by atoms with Gasteiger partial charge in [0.25, 0.3) is 5.91 Å². The fourth-order valence-electron chi connectivity index (χ4n) is 3.14. The molecule has 128 valence electrons. The van der Waals surface area contributed by atoms with Gasteiger partial charge in [-0.15, -0.1) is 0 Å². The lowest BCUT2D eigenvalue weighted by atomic mass is 10.0. The molecule has 5 nitrogen and oxygen atoms in total. The van der Waals surface area contributed by atoms with Crippen LogP contribution in [0.15, 0.2) is 42.7 Å². The number of fused-ring (bicyclic) bond motifs is 1. The molecule has 0 unspecified atom stereocenters. The summed E-state index contributed by atoms with van der Waals surface area (Å²) in [5.41, 5.74) is 3.27. The molecule has 4 rings (SSSR count). The van der Waals surface area contributed by atoms with Gasteiger partial charge < -0.3 is 14.4 Å². The monoisotopic (exact) mass is 336 g/mol. The molecular weight excluding hydrogens is 316 g/mol. The number of aromatic nitrogens is 1. The van der Waals surface area contributed by atoms with E-state index >= 15 is 0 Å². The smallest absolute Gasteiger partial charge is 0.254 e. The molecule has 2 aliphatic rings. The number of rotatable bonds is 2. The Morgan fingerprint density at radius 2 is 2.04 bits per heavy atom. The van der Waals surface area contributed by atoms with Crippen LogP contribution in [-0.4, -0.2) is 42.1 Å². The number of morpholine rings is 1. The van der Waals surface area contributed by atoms with Gasteiger partial charge in [0.1, 0.15) is 11.5 Å². The number of amides is 1. The van der Waals surface area contributed by atoms with E-state index in [1.807, 2.05) is 48.2 Å². The third-order valence-electron chi connectivity index (χ3n) is 4.48. The number of hydrogen-bond donors (Lipinski definition) is 0. The van der Waals surface area contributed by atoms with E-state index in [0.29, 0.717) is 43.3 Å². The summed E-state index contributed by atoms with van der Waals surface area (Å²) in [5, 5.41) is 0.882. The van der Waals surface area contributed by atoms with Gasteiger partial charge in [0.05, 0.1) is 30.6 Å². The third-order valence-corrected chi connectivity index (χ3v) is 4.48. The van der Waals surface area contributed by atoms with Crippen molar-refractivity contribution in [2.75, 3.05) is 26.3 Å². The van der Waals surface area contributed by atoms with Crippen LogP contribution in [0.3, 0.4) is 0 Å². The molecular formula is C20H20N2O3. The van der Waals surface area contributed by atoms with Crippen molar-refractivity contribution in [2.24, 2.45) is 0 Å². The first-order valence-corrected chi connectivity index (χ1v) is 8.53. The van der Waals surface area contributed by atoms with Crippen molar-refractivity contribution in [1.29, 1.82) is 0 Å². The maximum Gasteiger partial charge on any atom is 0.254 e. The lowest BCUT2D eigenvalue weighted by Crippen LogP contribution is -2.40. The topological polar surface area (TPSA) is 51.7 Å². The lowest BCUT2D eigenvalue weighted by molar-refractivity contribution is 0.0304. The predicted molar refractivity (Wildman–Crippen MR) is 96.0 cm³/mol. The highest BCUT2D eigenvalue weighted by Crippen LogP contribution is 2.27. The molecule has 1 amide bonds. The summed E-state index contributed by atoms with van der Waals surface area (Å²) in [6, 6.07) is 7.85. The van der Waals surface area contributed by atoms with Crippen LogP contribution in [0, 0.1) is 6.92 Å². The number of carbonyl (C=O) groups is 1. The van der Waals surface area contributed by atoms with Gasteiger partial charge in [-0.3, -0.25) is 4.79 Å². The first kappa shape index (κ1) is 15.8. The minimum Gasteiger partial charge on any atom is -0.463 e.